The van der Waals surface area contributed by atoms with Crippen molar-refractivity contribution in [3.05, 3.63) is 65.5 Å². The van der Waals surface area contributed by atoms with E-state index >= 15 is 0 Å². The van der Waals surface area contributed by atoms with E-state index in [1.807, 2.05) is 0 Å². The monoisotopic (exact) mass is 478 g/mol. The third kappa shape index (κ3) is 6.96. The number of guanidine groups is 1. The number of nitrogens with one attached hydrogen (secondary N) is 2. The van der Waals surface area contributed by atoms with Crippen LogP contribution >= 0.6 is 24.0 Å². The van der Waals surface area contributed by atoms with Crippen molar-refractivity contribution < 1.29 is 12.8 Å². The van der Waals surface area contributed by atoms with Gasteiger partial charge in [-0.3, -0.25) is 4.99 Å². The fourth-order valence-electron chi connectivity index (χ4n) is 2.07. The molecule has 25 heavy (non-hydrogen) atoms. The molecule has 0 aromatic heterocycles. The van der Waals surface area contributed by atoms with E-state index in [1.165, 1.54) is 24.3 Å². The number of benzene rings is 2. The first-order valence-corrected chi connectivity index (χ1v) is 8.74. The quantitative estimate of drug-likeness (QED) is 0.348. The van der Waals surface area contributed by atoms with Gasteiger partial charge in [0.1, 0.15) is 5.82 Å². The Kier molecular flexibility index (Phi) is 8.26. The minimum Gasteiger partial charge on any atom is -0.352 e. The number of nitrogens with zero attached hydrogens (tertiary/aromatic N) is 1. The fourth-order valence-corrected chi connectivity index (χ4v) is 2.66. The van der Waals surface area contributed by atoms with Gasteiger partial charge < -0.3 is 10.6 Å². The van der Waals surface area contributed by atoms with E-state index in [2.05, 4.69) is 15.6 Å². The van der Waals surface area contributed by atoms with Crippen LogP contribution in [0.25, 0.3) is 0 Å². The van der Waals surface area contributed by atoms with Crippen molar-refractivity contribution in [2.24, 2.45) is 10.1 Å². The molecule has 9 heteroatoms. The highest BCUT2D eigenvalue weighted by molar-refractivity contribution is 14.0. The van der Waals surface area contributed by atoms with Gasteiger partial charge in [-0.05, 0) is 35.4 Å². The molecule has 0 fully saturated rings. The maximum Gasteiger partial charge on any atom is 0.238 e. The number of sulfonamides is 1. The molecule has 0 radical (unpaired) electrons. The van der Waals surface area contributed by atoms with Crippen LogP contribution in [0, 0.1) is 5.82 Å². The predicted molar refractivity (Wildman–Crippen MR) is 107 cm³/mol. The van der Waals surface area contributed by atoms with Gasteiger partial charge in [0.15, 0.2) is 5.96 Å². The molecule has 0 unspecified atom stereocenters. The zero-order valence-electron chi connectivity index (χ0n) is 13.6. The molecule has 0 aliphatic carbocycles. The standard InChI is InChI=1S/C16H19FN4O2S.HI/c1-19-16(20-10-12-4-2-6-14(17)8-12)21-11-13-5-3-7-15(9-13)24(18,22)23;/h2-9H,10-11H2,1H3,(H2,18,22,23)(H2,19,20,21);1H. The number of hydrogen-bond acceptors (Lipinski definition) is 3. The van der Waals surface area contributed by atoms with E-state index in [0.717, 1.165) is 11.1 Å². The third-order valence-corrected chi connectivity index (χ3v) is 4.17. The molecule has 136 valence electrons. The Labute approximate surface area is 163 Å². The third-order valence-electron chi connectivity index (χ3n) is 3.26. The van der Waals surface area contributed by atoms with Crippen LogP contribution in [0.1, 0.15) is 11.1 Å². The maximum absolute atomic E-state index is 13.1. The number of halogens is 2. The molecule has 4 N–H and O–H groups in total. The second-order valence-corrected chi connectivity index (χ2v) is 6.66. The molecule has 2 aromatic carbocycles. The summed E-state index contributed by atoms with van der Waals surface area (Å²) in [6, 6.07) is 12.6. The molecule has 0 aliphatic rings. The Morgan fingerprint density at radius 1 is 1.08 bits per heavy atom. The van der Waals surface area contributed by atoms with Gasteiger partial charge in [0.2, 0.25) is 10.0 Å². The van der Waals surface area contributed by atoms with Gasteiger partial charge in [-0.25, -0.2) is 17.9 Å². The summed E-state index contributed by atoms with van der Waals surface area (Å²) in [7, 11) is -2.12. The topological polar surface area (TPSA) is 96.6 Å². The summed E-state index contributed by atoms with van der Waals surface area (Å²) < 4.78 is 35.9. The van der Waals surface area contributed by atoms with Crippen molar-refractivity contribution >= 4 is 40.0 Å². The molecule has 0 spiro atoms. The van der Waals surface area contributed by atoms with Crippen LogP contribution in [0.15, 0.2) is 58.4 Å². The van der Waals surface area contributed by atoms with E-state index < -0.39 is 10.0 Å². The molecule has 0 atom stereocenters. The van der Waals surface area contributed by atoms with Crippen LogP contribution < -0.4 is 15.8 Å². The summed E-state index contributed by atoms with van der Waals surface area (Å²) in [6.07, 6.45) is 0. The Balaban J connectivity index is 0.00000312. The van der Waals surface area contributed by atoms with E-state index in [1.54, 1.807) is 31.3 Å². The van der Waals surface area contributed by atoms with Crippen LogP contribution in [-0.2, 0) is 23.1 Å². The molecule has 0 heterocycles. The second kappa shape index (κ2) is 9.68. The lowest BCUT2D eigenvalue weighted by molar-refractivity contribution is 0.597. The van der Waals surface area contributed by atoms with Crippen LogP contribution in [-0.4, -0.2) is 21.4 Å². The Bertz CT molecular complexity index is 844. The lowest BCUT2D eigenvalue weighted by Crippen LogP contribution is -2.36. The average molecular weight is 478 g/mol. The normalized spacial score (nSPS) is 11.6. The number of rotatable bonds is 5. The number of primary sulfonamides is 1. The largest absolute Gasteiger partial charge is 0.352 e. The van der Waals surface area contributed by atoms with Gasteiger partial charge in [0.25, 0.3) is 0 Å². The van der Waals surface area contributed by atoms with E-state index in [4.69, 9.17) is 5.14 Å². The van der Waals surface area contributed by atoms with Crippen molar-refractivity contribution in [1.29, 1.82) is 0 Å². The van der Waals surface area contributed by atoms with Gasteiger partial charge in [-0.15, -0.1) is 24.0 Å². The minimum atomic E-state index is -3.73. The first kappa shape index (κ1) is 21.3. The number of nitrogens with two attached hydrogens (primary N) is 1. The van der Waals surface area contributed by atoms with Crippen molar-refractivity contribution in [2.75, 3.05) is 7.05 Å². The molecule has 2 aromatic rings. The highest BCUT2D eigenvalue weighted by atomic mass is 127. The fraction of sp³-hybridized carbons (Fsp3) is 0.188. The summed E-state index contributed by atoms with van der Waals surface area (Å²) in [4.78, 5) is 4.13. The molecule has 0 bridgehead atoms. The zero-order chi connectivity index (χ0) is 17.6. The molecule has 2 rings (SSSR count). The van der Waals surface area contributed by atoms with Gasteiger partial charge in [0, 0.05) is 20.1 Å². The maximum atomic E-state index is 13.1. The average Bonchev–Trinajstić information content (AvgIpc) is 2.54. The van der Waals surface area contributed by atoms with E-state index in [0.29, 0.717) is 19.0 Å². The van der Waals surface area contributed by atoms with Crippen LogP contribution in [0.5, 0.6) is 0 Å². The molecule has 0 saturated heterocycles. The summed E-state index contributed by atoms with van der Waals surface area (Å²) in [5, 5.41) is 11.2. The Morgan fingerprint density at radius 3 is 2.16 bits per heavy atom. The SMILES string of the molecule is CN=C(NCc1cccc(F)c1)NCc1cccc(S(N)(=O)=O)c1.I. The summed E-state index contributed by atoms with van der Waals surface area (Å²) in [5.41, 5.74) is 1.53. The van der Waals surface area contributed by atoms with Gasteiger partial charge in [0.05, 0.1) is 4.90 Å². The highest BCUT2D eigenvalue weighted by Crippen LogP contribution is 2.09. The first-order chi connectivity index (χ1) is 11.4. The zero-order valence-corrected chi connectivity index (χ0v) is 16.7. The van der Waals surface area contributed by atoms with Crippen molar-refractivity contribution in [2.45, 2.75) is 18.0 Å². The highest BCUT2D eigenvalue weighted by Gasteiger charge is 2.08. The number of hydrogen-bond donors (Lipinski definition) is 3. The van der Waals surface area contributed by atoms with Crippen LogP contribution in [0.2, 0.25) is 0 Å². The second-order valence-electron chi connectivity index (χ2n) is 5.10. The Morgan fingerprint density at radius 2 is 1.64 bits per heavy atom. The van der Waals surface area contributed by atoms with Crippen molar-refractivity contribution in [1.82, 2.24) is 10.6 Å². The smallest absolute Gasteiger partial charge is 0.238 e. The minimum absolute atomic E-state index is 0. The van der Waals surface area contributed by atoms with Gasteiger partial charge >= 0.3 is 0 Å². The first-order valence-electron chi connectivity index (χ1n) is 7.19. The predicted octanol–water partition coefficient (Wildman–Crippen LogP) is 1.96. The van der Waals surface area contributed by atoms with Gasteiger partial charge in [-0.1, -0.05) is 24.3 Å². The molecule has 0 aliphatic heterocycles. The molecule has 0 amide bonds. The van der Waals surface area contributed by atoms with Crippen LogP contribution in [0.4, 0.5) is 4.39 Å². The van der Waals surface area contributed by atoms with E-state index in [9.17, 15) is 12.8 Å². The van der Waals surface area contributed by atoms with Crippen molar-refractivity contribution in [3.8, 4) is 0 Å². The summed E-state index contributed by atoms with van der Waals surface area (Å²) >= 11 is 0. The summed E-state index contributed by atoms with van der Waals surface area (Å²) in [5.74, 6) is 0.220. The molecule has 6 nitrogen and oxygen atoms in total. The summed E-state index contributed by atoms with van der Waals surface area (Å²) in [6.45, 7) is 0.779. The molecular weight excluding hydrogens is 458 g/mol. The number of aliphatic imine (C=N–C) groups is 1. The lowest BCUT2D eigenvalue weighted by Gasteiger charge is -2.12. The lowest BCUT2D eigenvalue weighted by atomic mass is 10.2. The van der Waals surface area contributed by atoms with Crippen molar-refractivity contribution in [3.63, 3.8) is 0 Å². The van der Waals surface area contributed by atoms with E-state index in [-0.39, 0.29) is 34.7 Å². The molecular formula is C16H20FIN4O2S. The van der Waals surface area contributed by atoms with Gasteiger partial charge in [-0.2, -0.15) is 0 Å². The molecule has 0 saturated carbocycles. The van der Waals surface area contributed by atoms with Crippen LogP contribution in [0.3, 0.4) is 0 Å². The Hall–Kier alpha value is -1.72.